The summed E-state index contributed by atoms with van der Waals surface area (Å²) in [6.45, 7) is 6.62. The van der Waals surface area contributed by atoms with Crippen LogP contribution in [0.25, 0.3) is 11.4 Å². The third-order valence-electron chi connectivity index (χ3n) is 4.82. The third kappa shape index (κ3) is 2.94. The summed E-state index contributed by atoms with van der Waals surface area (Å²) in [5.74, 6) is 0.826. The second kappa shape index (κ2) is 6.23. The van der Waals surface area contributed by atoms with Crippen LogP contribution < -0.4 is 0 Å². The van der Waals surface area contributed by atoms with Gasteiger partial charge in [0, 0.05) is 43.9 Å². The number of hydrogen-bond donors (Lipinski definition) is 0. The van der Waals surface area contributed by atoms with Crippen LogP contribution in [0.2, 0.25) is 0 Å². The van der Waals surface area contributed by atoms with Gasteiger partial charge in [-0.25, -0.2) is 0 Å². The van der Waals surface area contributed by atoms with E-state index < -0.39 is 0 Å². The molecule has 2 aromatic heterocycles. The molecule has 4 rings (SSSR count). The number of rotatable bonds is 3. The predicted octanol–water partition coefficient (Wildman–Crippen LogP) is 2.42. The zero-order valence-electron chi connectivity index (χ0n) is 14.0. The molecule has 0 N–H and O–H groups in total. The van der Waals surface area contributed by atoms with Crippen LogP contribution in [0.3, 0.4) is 0 Å². The number of aromatic nitrogens is 3. The maximum absolute atomic E-state index is 5.98. The van der Waals surface area contributed by atoms with Gasteiger partial charge < -0.3 is 14.0 Å². The van der Waals surface area contributed by atoms with Crippen molar-refractivity contribution >= 4 is 0 Å². The predicted molar refractivity (Wildman–Crippen MR) is 86.0 cm³/mol. The Morgan fingerprint density at radius 2 is 2.17 bits per heavy atom. The smallest absolute Gasteiger partial charge is 0.244 e. The number of pyridine rings is 1. The molecule has 24 heavy (non-hydrogen) atoms. The molecule has 2 aromatic rings. The SMILES string of the molecule is C[C@H](c1nc(-c2cccnc2)no1)N1CCC2(CC1)OC[C@H](C)O2. The van der Waals surface area contributed by atoms with Crippen molar-refractivity contribution in [3.8, 4) is 11.4 Å². The quantitative estimate of drug-likeness (QED) is 0.855. The highest BCUT2D eigenvalue weighted by atomic mass is 16.7. The van der Waals surface area contributed by atoms with Crippen LogP contribution in [-0.2, 0) is 9.47 Å². The van der Waals surface area contributed by atoms with Crippen LogP contribution >= 0.6 is 0 Å². The van der Waals surface area contributed by atoms with E-state index in [1.54, 1.807) is 12.4 Å². The average molecular weight is 330 g/mol. The molecule has 2 aliphatic heterocycles. The Bertz CT molecular complexity index is 682. The Morgan fingerprint density at radius 1 is 1.33 bits per heavy atom. The molecule has 1 spiro atoms. The average Bonchev–Trinajstić information content (AvgIpc) is 3.24. The zero-order valence-corrected chi connectivity index (χ0v) is 14.0. The number of nitrogens with zero attached hydrogens (tertiary/aromatic N) is 4. The van der Waals surface area contributed by atoms with E-state index in [9.17, 15) is 0 Å². The van der Waals surface area contributed by atoms with Crippen LogP contribution in [0.15, 0.2) is 29.0 Å². The molecule has 7 heteroatoms. The van der Waals surface area contributed by atoms with Gasteiger partial charge in [-0.05, 0) is 26.0 Å². The van der Waals surface area contributed by atoms with Gasteiger partial charge in [-0.15, -0.1) is 0 Å². The molecule has 0 radical (unpaired) electrons. The second-order valence-corrected chi connectivity index (χ2v) is 6.56. The van der Waals surface area contributed by atoms with Crippen LogP contribution in [0.4, 0.5) is 0 Å². The van der Waals surface area contributed by atoms with Gasteiger partial charge in [0.1, 0.15) is 0 Å². The van der Waals surface area contributed by atoms with Crippen molar-refractivity contribution in [3.05, 3.63) is 30.4 Å². The number of ether oxygens (including phenoxy) is 2. The van der Waals surface area contributed by atoms with Crippen LogP contribution in [0, 0.1) is 0 Å². The highest BCUT2D eigenvalue weighted by molar-refractivity contribution is 5.51. The minimum Gasteiger partial charge on any atom is -0.347 e. The second-order valence-electron chi connectivity index (χ2n) is 6.56. The maximum atomic E-state index is 5.98. The molecule has 0 aliphatic carbocycles. The maximum Gasteiger partial charge on any atom is 0.244 e. The molecule has 0 amide bonds. The summed E-state index contributed by atoms with van der Waals surface area (Å²) in [4.78, 5) is 11.0. The first-order valence-corrected chi connectivity index (χ1v) is 8.45. The van der Waals surface area contributed by atoms with E-state index >= 15 is 0 Å². The molecule has 7 nitrogen and oxygen atoms in total. The van der Waals surface area contributed by atoms with E-state index in [1.165, 1.54) is 0 Å². The molecule has 0 unspecified atom stereocenters. The summed E-state index contributed by atoms with van der Waals surface area (Å²) in [7, 11) is 0. The summed E-state index contributed by atoms with van der Waals surface area (Å²) in [6, 6.07) is 3.85. The lowest BCUT2D eigenvalue weighted by atomic mass is 10.0. The number of likely N-dealkylation sites (tertiary alicyclic amines) is 1. The lowest BCUT2D eigenvalue weighted by Gasteiger charge is -2.39. The third-order valence-corrected chi connectivity index (χ3v) is 4.82. The van der Waals surface area contributed by atoms with E-state index in [0.717, 1.165) is 31.5 Å². The van der Waals surface area contributed by atoms with Crippen molar-refractivity contribution < 1.29 is 14.0 Å². The Labute approximate surface area is 141 Å². The molecule has 0 aromatic carbocycles. The molecule has 2 atom stereocenters. The van der Waals surface area contributed by atoms with E-state index in [1.807, 2.05) is 12.1 Å². The lowest BCUT2D eigenvalue weighted by molar-refractivity contribution is -0.196. The Morgan fingerprint density at radius 3 is 2.83 bits per heavy atom. The summed E-state index contributed by atoms with van der Waals surface area (Å²) in [5.41, 5.74) is 0.860. The minimum atomic E-state index is -0.384. The molecule has 4 heterocycles. The van der Waals surface area contributed by atoms with Crippen molar-refractivity contribution in [2.24, 2.45) is 0 Å². The van der Waals surface area contributed by atoms with Crippen molar-refractivity contribution in [3.63, 3.8) is 0 Å². The first-order valence-electron chi connectivity index (χ1n) is 8.45. The Balaban J connectivity index is 1.42. The standard InChI is InChI=1S/C17H22N4O3/c1-12-11-22-17(23-12)5-8-21(9-6-17)13(2)16-19-15(20-24-16)14-4-3-7-18-10-14/h3-4,7,10,12-13H,5-6,8-9,11H2,1-2H3/t12-,13+/m0/s1. The van der Waals surface area contributed by atoms with Gasteiger partial charge in [0.25, 0.3) is 0 Å². The summed E-state index contributed by atoms with van der Waals surface area (Å²) in [6.07, 6.45) is 5.38. The fourth-order valence-electron chi connectivity index (χ4n) is 3.39. The van der Waals surface area contributed by atoms with Crippen molar-refractivity contribution in [2.75, 3.05) is 19.7 Å². The fraction of sp³-hybridized carbons (Fsp3) is 0.588. The molecule has 2 aliphatic rings. The largest absolute Gasteiger partial charge is 0.347 e. The summed E-state index contributed by atoms with van der Waals surface area (Å²) in [5, 5.41) is 4.08. The first-order chi connectivity index (χ1) is 11.7. The summed E-state index contributed by atoms with van der Waals surface area (Å²) < 4.78 is 17.3. The van der Waals surface area contributed by atoms with Crippen molar-refractivity contribution in [1.82, 2.24) is 20.0 Å². The molecule has 0 saturated carbocycles. The topological polar surface area (TPSA) is 73.5 Å². The van der Waals surface area contributed by atoms with Gasteiger partial charge in [-0.2, -0.15) is 4.98 Å². The highest BCUT2D eigenvalue weighted by Gasteiger charge is 2.43. The monoisotopic (exact) mass is 330 g/mol. The lowest BCUT2D eigenvalue weighted by Crippen LogP contribution is -2.46. The van der Waals surface area contributed by atoms with E-state index in [4.69, 9.17) is 14.0 Å². The highest BCUT2D eigenvalue weighted by Crippen LogP contribution is 2.36. The van der Waals surface area contributed by atoms with Crippen molar-refractivity contribution in [2.45, 2.75) is 44.6 Å². The molecule has 0 bridgehead atoms. The van der Waals surface area contributed by atoms with Gasteiger partial charge in [-0.3, -0.25) is 9.88 Å². The Kier molecular flexibility index (Phi) is 4.07. The zero-order chi connectivity index (χ0) is 16.6. The first kappa shape index (κ1) is 15.7. The van der Waals surface area contributed by atoms with Gasteiger partial charge in [0.05, 0.1) is 18.8 Å². The minimum absolute atomic E-state index is 0.0686. The van der Waals surface area contributed by atoms with Crippen LogP contribution in [-0.4, -0.2) is 51.6 Å². The molecule has 128 valence electrons. The van der Waals surface area contributed by atoms with E-state index in [-0.39, 0.29) is 17.9 Å². The molecule has 2 fully saturated rings. The van der Waals surface area contributed by atoms with Gasteiger partial charge in [0.15, 0.2) is 5.79 Å². The van der Waals surface area contributed by atoms with Crippen molar-refractivity contribution in [1.29, 1.82) is 0 Å². The van der Waals surface area contributed by atoms with E-state index in [0.29, 0.717) is 18.3 Å². The molecule has 2 saturated heterocycles. The summed E-state index contributed by atoms with van der Waals surface area (Å²) >= 11 is 0. The number of hydrogen-bond acceptors (Lipinski definition) is 7. The molecular weight excluding hydrogens is 308 g/mol. The molecular formula is C17H22N4O3. The van der Waals surface area contributed by atoms with Gasteiger partial charge in [0.2, 0.25) is 11.7 Å². The Hall–Kier alpha value is -1.83. The van der Waals surface area contributed by atoms with Gasteiger partial charge in [-0.1, -0.05) is 5.16 Å². The van der Waals surface area contributed by atoms with E-state index in [2.05, 4.69) is 33.9 Å². The number of piperidine rings is 1. The fourth-order valence-corrected chi connectivity index (χ4v) is 3.39. The van der Waals surface area contributed by atoms with Gasteiger partial charge >= 0.3 is 0 Å². The van der Waals surface area contributed by atoms with Crippen LogP contribution in [0.5, 0.6) is 0 Å². The normalized spacial score (nSPS) is 25.2. The van der Waals surface area contributed by atoms with Crippen LogP contribution in [0.1, 0.15) is 38.6 Å².